The topological polar surface area (TPSA) is 18.5 Å². The number of aryl methyl sites for hydroxylation is 1. The van der Waals surface area contributed by atoms with Gasteiger partial charge in [-0.1, -0.05) is 31.2 Å². The van der Waals surface area contributed by atoms with E-state index in [4.69, 9.17) is 0 Å². The molecule has 2 atom stereocenters. The first-order chi connectivity index (χ1) is 9.61. The van der Waals surface area contributed by atoms with Gasteiger partial charge in [-0.3, -0.25) is 4.90 Å². The van der Waals surface area contributed by atoms with Crippen molar-refractivity contribution in [3.05, 3.63) is 35.4 Å². The lowest BCUT2D eigenvalue weighted by molar-refractivity contribution is 0.0968. The van der Waals surface area contributed by atoms with E-state index in [-0.39, 0.29) is 0 Å². The highest BCUT2D eigenvalue weighted by atomic mass is 15.3. The number of benzene rings is 1. The van der Waals surface area contributed by atoms with E-state index in [1.165, 1.54) is 11.1 Å². The Morgan fingerprint density at radius 3 is 2.55 bits per heavy atom. The van der Waals surface area contributed by atoms with Crippen LogP contribution in [0.2, 0.25) is 0 Å². The maximum atomic E-state index is 3.49. The molecule has 0 spiro atoms. The molecule has 1 N–H and O–H groups in total. The largest absolute Gasteiger partial charge is 0.314 e. The van der Waals surface area contributed by atoms with Crippen LogP contribution in [0.3, 0.4) is 0 Å². The maximum absolute atomic E-state index is 3.49. The molecule has 2 rings (SSSR count). The lowest BCUT2D eigenvalue weighted by Gasteiger charge is -2.41. The summed E-state index contributed by atoms with van der Waals surface area (Å²) in [5.41, 5.74) is 2.87. The summed E-state index contributed by atoms with van der Waals surface area (Å²) >= 11 is 0. The van der Waals surface area contributed by atoms with E-state index in [1.54, 1.807) is 0 Å². The number of rotatable bonds is 5. The van der Waals surface area contributed by atoms with Crippen LogP contribution in [-0.4, -0.2) is 56.1 Å². The van der Waals surface area contributed by atoms with Crippen molar-refractivity contribution in [1.29, 1.82) is 0 Å². The fourth-order valence-corrected chi connectivity index (χ4v) is 3.04. The Bertz CT molecular complexity index is 399. The van der Waals surface area contributed by atoms with Gasteiger partial charge >= 0.3 is 0 Å². The van der Waals surface area contributed by atoms with E-state index in [0.29, 0.717) is 12.1 Å². The third-order valence-corrected chi connectivity index (χ3v) is 4.26. The molecule has 0 amide bonds. The second-order valence-corrected chi connectivity index (χ2v) is 6.16. The minimum atomic E-state index is 0.494. The maximum Gasteiger partial charge on any atom is 0.0478 e. The molecule has 0 saturated carbocycles. The Balaban J connectivity index is 2.20. The molecule has 1 aliphatic rings. The first kappa shape index (κ1) is 15.5. The molecule has 1 aliphatic heterocycles. The molecule has 1 saturated heterocycles. The Labute approximate surface area is 124 Å². The SMILES string of the molecule is CCc1ccc(C(CN(C)C)N2CCNCC2C)cc1. The van der Waals surface area contributed by atoms with Gasteiger partial charge in [-0.25, -0.2) is 0 Å². The van der Waals surface area contributed by atoms with Crippen LogP contribution in [0.5, 0.6) is 0 Å². The van der Waals surface area contributed by atoms with Crippen molar-refractivity contribution in [2.24, 2.45) is 0 Å². The molecule has 2 unspecified atom stereocenters. The van der Waals surface area contributed by atoms with Crippen LogP contribution < -0.4 is 5.32 Å². The number of piperazine rings is 1. The zero-order valence-electron chi connectivity index (χ0n) is 13.4. The minimum Gasteiger partial charge on any atom is -0.314 e. The van der Waals surface area contributed by atoms with Gasteiger partial charge in [0.25, 0.3) is 0 Å². The summed E-state index contributed by atoms with van der Waals surface area (Å²) < 4.78 is 0. The number of nitrogens with one attached hydrogen (secondary N) is 1. The van der Waals surface area contributed by atoms with Gasteiger partial charge in [0.1, 0.15) is 0 Å². The zero-order valence-corrected chi connectivity index (χ0v) is 13.4. The van der Waals surface area contributed by atoms with Gasteiger partial charge in [-0.2, -0.15) is 0 Å². The average Bonchev–Trinajstić information content (AvgIpc) is 2.46. The average molecular weight is 275 g/mol. The van der Waals surface area contributed by atoms with Crippen LogP contribution >= 0.6 is 0 Å². The predicted molar refractivity (Wildman–Crippen MR) is 86.2 cm³/mol. The molecule has 0 radical (unpaired) electrons. The Hall–Kier alpha value is -0.900. The van der Waals surface area contributed by atoms with Crippen LogP contribution in [0.4, 0.5) is 0 Å². The molecule has 1 fully saturated rings. The molecule has 1 heterocycles. The molecule has 3 nitrogen and oxygen atoms in total. The van der Waals surface area contributed by atoms with Gasteiger partial charge in [0.05, 0.1) is 0 Å². The molecule has 1 aromatic carbocycles. The highest BCUT2D eigenvalue weighted by molar-refractivity contribution is 5.25. The van der Waals surface area contributed by atoms with Gasteiger partial charge in [-0.15, -0.1) is 0 Å². The summed E-state index contributed by atoms with van der Waals surface area (Å²) in [6.45, 7) is 8.95. The second-order valence-electron chi connectivity index (χ2n) is 6.16. The third-order valence-electron chi connectivity index (χ3n) is 4.26. The molecule has 20 heavy (non-hydrogen) atoms. The lowest BCUT2D eigenvalue weighted by Crippen LogP contribution is -2.52. The third kappa shape index (κ3) is 3.81. The van der Waals surface area contributed by atoms with Crippen LogP contribution in [0, 0.1) is 0 Å². The molecular formula is C17H29N3. The molecule has 0 aromatic heterocycles. The van der Waals surface area contributed by atoms with Crippen molar-refractivity contribution in [3.8, 4) is 0 Å². The smallest absolute Gasteiger partial charge is 0.0478 e. The summed E-state index contributed by atoms with van der Waals surface area (Å²) in [5, 5.41) is 3.49. The van der Waals surface area contributed by atoms with Gasteiger partial charge < -0.3 is 10.2 Å². The van der Waals surface area contributed by atoms with Crippen LogP contribution in [-0.2, 0) is 6.42 Å². The van der Waals surface area contributed by atoms with E-state index in [9.17, 15) is 0 Å². The van der Waals surface area contributed by atoms with Crippen LogP contribution in [0.25, 0.3) is 0 Å². The van der Waals surface area contributed by atoms with E-state index < -0.39 is 0 Å². The molecule has 0 bridgehead atoms. The first-order valence-corrected chi connectivity index (χ1v) is 7.81. The summed E-state index contributed by atoms with van der Waals surface area (Å²) in [4.78, 5) is 4.95. The highest BCUT2D eigenvalue weighted by Gasteiger charge is 2.27. The van der Waals surface area contributed by atoms with Gasteiger partial charge in [-0.05, 0) is 38.6 Å². The Morgan fingerprint density at radius 1 is 1.30 bits per heavy atom. The number of likely N-dealkylation sites (N-methyl/N-ethyl adjacent to an activating group) is 1. The standard InChI is InChI=1S/C17H29N3/c1-5-15-6-8-16(9-7-15)17(13-19(3)4)20-11-10-18-12-14(20)2/h6-9,14,17-18H,5,10-13H2,1-4H3. The fourth-order valence-electron chi connectivity index (χ4n) is 3.04. The predicted octanol–water partition coefficient (Wildman–Crippen LogP) is 2.15. The quantitative estimate of drug-likeness (QED) is 0.888. The normalized spacial score (nSPS) is 22.1. The van der Waals surface area contributed by atoms with Crippen molar-refractivity contribution < 1.29 is 0 Å². The van der Waals surface area contributed by atoms with Gasteiger partial charge in [0, 0.05) is 38.3 Å². The van der Waals surface area contributed by atoms with Gasteiger partial charge in [0.2, 0.25) is 0 Å². The molecule has 0 aliphatic carbocycles. The van der Waals surface area contributed by atoms with Crippen molar-refractivity contribution in [2.75, 3.05) is 40.3 Å². The van der Waals surface area contributed by atoms with Crippen molar-refractivity contribution in [1.82, 2.24) is 15.1 Å². The zero-order chi connectivity index (χ0) is 14.5. The van der Waals surface area contributed by atoms with Crippen molar-refractivity contribution in [3.63, 3.8) is 0 Å². The van der Waals surface area contributed by atoms with E-state index in [0.717, 1.165) is 32.6 Å². The highest BCUT2D eigenvalue weighted by Crippen LogP contribution is 2.25. The minimum absolute atomic E-state index is 0.494. The van der Waals surface area contributed by atoms with Crippen LogP contribution in [0.1, 0.15) is 31.0 Å². The summed E-state index contributed by atoms with van der Waals surface area (Å²) in [7, 11) is 4.33. The first-order valence-electron chi connectivity index (χ1n) is 7.81. The second kappa shape index (κ2) is 7.21. The summed E-state index contributed by atoms with van der Waals surface area (Å²) in [5.74, 6) is 0. The number of hydrogen-bond acceptors (Lipinski definition) is 3. The molecular weight excluding hydrogens is 246 g/mol. The van der Waals surface area contributed by atoms with Crippen molar-refractivity contribution in [2.45, 2.75) is 32.4 Å². The molecule has 3 heteroatoms. The number of hydrogen-bond donors (Lipinski definition) is 1. The fraction of sp³-hybridized carbons (Fsp3) is 0.647. The molecule has 1 aromatic rings. The van der Waals surface area contributed by atoms with E-state index >= 15 is 0 Å². The molecule has 112 valence electrons. The monoisotopic (exact) mass is 275 g/mol. The number of nitrogens with zero attached hydrogens (tertiary/aromatic N) is 2. The Kier molecular flexibility index (Phi) is 5.58. The Morgan fingerprint density at radius 2 is 2.00 bits per heavy atom. The van der Waals surface area contributed by atoms with Gasteiger partial charge in [0.15, 0.2) is 0 Å². The summed E-state index contributed by atoms with van der Waals surface area (Å²) in [6, 6.07) is 10.3. The van der Waals surface area contributed by atoms with E-state index in [2.05, 4.69) is 67.3 Å². The van der Waals surface area contributed by atoms with E-state index in [1.807, 2.05) is 0 Å². The van der Waals surface area contributed by atoms with Crippen LogP contribution in [0.15, 0.2) is 24.3 Å². The van der Waals surface area contributed by atoms with Crippen molar-refractivity contribution >= 4 is 0 Å². The summed E-state index contributed by atoms with van der Waals surface area (Å²) in [6.07, 6.45) is 1.11. The lowest BCUT2D eigenvalue weighted by atomic mass is 10.00.